The molecule has 8 heteroatoms. The summed E-state index contributed by atoms with van der Waals surface area (Å²) >= 11 is 1.83. The molecule has 0 radical (unpaired) electrons. The predicted octanol–water partition coefficient (Wildman–Crippen LogP) is 3.92. The molecule has 2 aliphatic rings. The lowest BCUT2D eigenvalue weighted by Crippen LogP contribution is -2.48. The lowest BCUT2D eigenvalue weighted by Gasteiger charge is -2.33. The van der Waals surface area contributed by atoms with Crippen molar-refractivity contribution in [2.75, 3.05) is 50.8 Å². The number of anilines is 1. The number of guanidine groups is 1. The molecule has 0 amide bonds. The highest BCUT2D eigenvalue weighted by molar-refractivity contribution is 14.0. The van der Waals surface area contributed by atoms with Crippen LogP contribution in [0.25, 0.3) is 0 Å². The predicted molar refractivity (Wildman–Crippen MR) is 145 cm³/mol. The minimum Gasteiger partial charge on any atom is -0.379 e. The number of ether oxygens (including phenoxy) is 1. The van der Waals surface area contributed by atoms with E-state index < -0.39 is 0 Å². The fourth-order valence-corrected chi connectivity index (χ4v) is 4.93. The van der Waals surface area contributed by atoms with Crippen LogP contribution in [-0.4, -0.2) is 62.8 Å². The number of hydrogen-bond acceptors (Lipinski definition) is 5. The zero-order chi connectivity index (χ0) is 21.3. The van der Waals surface area contributed by atoms with Crippen molar-refractivity contribution in [3.63, 3.8) is 0 Å². The number of morpholine rings is 1. The molecule has 32 heavy (non-hydrogen) atoms. The first-order valence-corrected chi connectivity index (χ1v) is 12.4. The number of hydrogen-bond donors (Lipinski definition) is 2. The Balaban J connectivity index is 0.00000289. The van der Waals surface area contributed by atoms with E-state index >= 15 is 0 Å². The van der Waals surface area contributed by atoms with Crippen LogP contribution >= 0.6 is 35.3 Å². The van der Waals surface area contributed by atoms with E-state index in [0.29, 0.717) is 12.6 Å². The maximum absolute atomic E-state index is 5.44. The first kappa shape index (κ1) is 25.3. The summed E-state index contributed by atoms with van der Waals surface area (Å²) in [6, 6.07) is 13.7. The molecule has 176 valence electrons. The van der Waals surface area contributed by atoms with Gasteiger partial charge in [-0.15, -0.1) is 35.3 Å². The summed E-state index contributed by atoms with van der Waals surface area (Å²) in [7, 11) is 0. The minimum absolute atomic E-state index is 0. The molecule has 6 nitrogen and oxygen atoms in total. The molecule has 2 aliphatic heterocycles. The van der Waals surface area contributed by atoms with E-state index in [1.165, 1.54) is 16.1 Å². The van der Waals surface area contributed by atoms with Crippen LogP contribution in [-0.2, 0) is 17.8 Å². The van der Waals surface area contributed by atoms with Crippen molar-refractivity contribution in [2.24, 2.45) is 4.99 Å². The van der Waals surface area contributed by atoms with Crippen molar-refractivity contribution in [3.05, 3.63) is 52.9 Å². The molecule has 0 unspecified atom stereocenters. The molecular formula is C24H36IN5OS. The summed E-state index contributed by atoms with van der Waals surface area (Å²) in [6.07, 6.45) is 2.27. The number of piperidine rings is 1. The van der Waals surface area contributed by atoms with Gasteiger partial charge in [0.2, 0.25) is 0 Å². The number of nitrogens with one attached hydrogen (secondary N) is 2. The molecule has 0 spiro atoms. The fraction of sp³-hybridized carbons (Fsp3) is 0.542. The molecule has 0 saturated carbocycles. The van der Waals surface area contributed by atoms with E-state index in [4.69, 9.17) is 9.73 Å². The van der Waals surface area contributed by atoms with E-state index in [2.05, 4.69) is 69.1 Å². The van der Waals surface area contributed by atoms with Crippen LogP contribution in [0.1, 0.15) is 30.9 Å². The van der Waals surface area contributed by atoms with Crippen LogP contribution in [0.4, 0.5) is 5.00 Å². The molecule has 2 fully saturated rings. The Morgan fingerprint density at radius 1 is 1.06 bits per heavy atom. The van der Waals surface area contributed by atoms with Crippen molar-refractivity contribution >= 4 is 46.3 Å². The molecule has 0 bridgehead atoms. The maximum Gasteiger partial charge on any atom is 0.191 e. The van der Waals surface area contributed by atoms with E-state index in [-0.39, 0.29) is 24.0 Å². The third kappa shape index (κ3) is 7.60. The van der Waals surface area contributed by atoms with Crippen LogP contribution in [0, 0.1) is 0 Å². The normalized spacial score (nSPS) is 18.3. The monoisotopic (exact) mass is 569 g/mol. The third-order valence-electron chi connectivity index (χ3n) is 5.95. The van der Waals surface area contributed by atoms with Gasteiger partial charge in [0.25, 0.3) is 0 Å². The van der Waals surface area contributed by atoms with Crippen LogP contribution in [0.15, 0.2) is 46.8 Å². The summed E-state index contributed by atoms with van der Waals surface area (Å²) in [5, 5.41) is 10.6. The number of thiophene rings is 1. The smallest absolute Gasteiger partial charge is 0.191 e. The second-order valence-corrected chi connectivity index (χ2v) is 9.18. The SMILES string of the molecule is CCNC(=NCc1ccc(CN2CCOCC2)cc1)NC1CCN(c2cccs2)CC1.I. The second kappa shape index (κ2) is 13.4. The van der Waals surface area contributed by atoms with Crippen molar-refractivity contribution in [3.8, 4) is 0 Å². The Bertz CT molecular complexity index is 800. The zero-order valence-corrected chi connectivity index (χ0v) is 22.1. The quantitative estimate of drug-likeness (QED) is 0.301. The van der Waals surface area contributed by atoms with Crippen LogP contribution in [0.2, 0.25) is 0 Å². The van der Waals surface area contributed by atoms with Gasteiger partial charge in [-0.2, -0.15) is 0 Å². The van der Waals surface area contributed by atoms with Crippen molar-refractivity contribution < 1.29 is 4.74 Å². The number of rotatable bonds is 7. The van der Waals surface area contributed by atoms with Crippen LogP contribution in [0.5, 0.6) is 0 Å². The number of halogens is 1. The first-order chi connectivity index (χ1) is 15.3. The van der Waals surface area contributed by atoms with Crippen molar-refractivity contribution in [2.45, 2.75) is 38.9 Å². The van der Waals surface area contributed by atoms with Gasteiger partial charge in [0.1, 0.15) is 0 Å². The topological polar surface area (TPSA) is 52.1 Å². The molecule has 1 aromatic heterocycles. The van der Waals surface area contributed by atoms with Gasteiger partial charge in [-0.3, -0.25) is 4.90 Å². The molecule has 0 aliphatic carbocycles. The molecular weight excluding hydrogens is 533 g/mol. The van der Waals surface area contributed by atoms with Gasteiger partial charge in [-0.1, -0.05) is 24.3 Å². The average molecular weight is 570 g/mol. The highest BCUT2D eigenvalue weighted by Gasteiger charge is 2.20. The van der Waals surface area contributed by atoms with Gasteiger partial charge in [-0.05, 0) is 48.4 Å². The summed E-state index contributed by atoms with van der Waals surface area (Å²) in [5.41, 5.74) is 2.60. The van der Waals surface area contributed by atoms with Gasteiger partial charge in [-0.25, -0.2) is 4.99 Å². The van der Waals surface area contributed by atoms with Crippen molar-refractivity contribution in [1.82, 2.24) is 15.5 Å². The Hall–Kier alpha value is -1.36. The molecule has 0 atom stereocenters. The van der Waals surface area contributed by atoms with Gasteiger partial charge < -0.3 is 20.3 Å². The Morgan fingerprint density at radius 3 is 2.44 bits per heavy atom. The zero-order valence-electron chi connectivity index (χ0n) is 19.0. The van der Waals surface area contributed by atoms with Gasteiger partial charge in [0.15, 0.2) is 5.96 Å². The molecule has 2 saturated heterocycles. The lowest BCUT2D eigenvalue weighted by molar-refractivity contribution is 0.0342. The molecule has 4 rings (SSSR count). The fourth-order valence-electron chi connectivity index (χ4n) is 4.15. The van der Waals surface area contributed by atoms with Crippen LogP contribution < -0.4 is 15.5 Å². The van der Waals surface area contributed by atoms with E-state index in [0.717, 1.165) is 71.3 Å². The highest BCUT2D eigenvalue weighted by atomic mass is 127. The molecule has 1 aromatic carbocycles. The lowest BCUT2D eigenvalue weighted by atomic mass is 10.1. The first-order valence-electron chi connectivity index (χ1n) is 11.5. The Morgan fingerprint density at radius 2 is 1.78 bits per heavy atom. The summed E-state index contributed by atoms with van der Waals surface area (Å²) in [5.74, 6) is 0.925. The summed E-state index contributed by atoms with van der Waals surface area (Å²) < 4.78 is 5.44. The van der Waals surface area contributed by atoms with Crippen molar-refractivity contribution in [1.29, 1.82) is 0 Å². The average Bonchev–Trinajstić information content (AvgIpc) is 3.35. The number of aliphatic imine (C=N–C) groups is 1. The third-order valence-corrected chi connectivity index (χ3v) is 6.88. The largest absolute Gasteiger partial charge is 0.379 e. The Kier molecular flexibility index (Phi) is 10.6. The van der Waals surface area contributed by atoms with Gasteiger partial charge in [0, 0.05) is 45.3 Å². The minimum atomic E-state index is 0. The van der Waals surface area contributed by atoms with E-state index in [1.54, 1.807) is 0 Å². The summed E-state index contributed by atoms with van der Waals surface area (Å²) in [6.45, 7) is 10.6. The Labute approximate surface area is 213 Å². The highest BCUT2D eigenvalue weighted by Crippen LogP contribution is 2.24. The standard InChI is InChI=1S/C24H35N5OS.HI/c1-2-25-24(27-22-9-11-29(12-10-22)23-4-3-17-31-23)26-18-20-5-7-21(8-6-20)19-28-13-15-30-16-14-28;/h3-8,17,22H,2,9-16,18-19H2,1H3,(H2,25,26,27);1H. The molecule has 2 aromatic rings. The van der Waals surface area contributed by atoms with E-state index in [1.807, 2.05) is 11.3 Å². The molecule has 2 N–H and O–H groups in total. The van der Waals surface area contributed by atoms with E-state index in [9.17, 15) is 0 Å². The van der Waals surface area contributed by atoms with Crippen LogP contribution in [0.3, 0.4) is 0 Å². The van der Waals surface area contributed by atoms with Gasteiger partial charge in [0.05, 0.1) is 24.8 Å². The summed E-state index contributed by atoms with van der Waals surface area (Å²) in [4.78, 5) is 9.79. The maximum atomic E-state index is 5.44. The number of nitrogens with zero attached hydrogens (tertiary/aromatic N) is 3. The van der Waals surface area contributed by atoms with Gasteiger partial charge >= 0.3 is 0 Å². The molecule has 3 heterocycles. The number of benzene rings is 1. The second-order valence-electron chi connectivity index (χ2n) is 8.26.